The zero-order valence-electron chi connectivity index (χ0n) is 11.6. The predicted octanol–water partition coefficient (Wildman–Crippen LogP) is 5.17. The van der Waals surface area contributed by atoms with Crippen molar-refractivity contribution >= 4 is 0 Å². The van der Waals surface area contributed by atoms with Crippen molar-refractivity contribution in [3.63, 3.8) is 0 Å². The van der Waals surface area contributed by atoms with Crippen LogP contribution in [0.3, 0.4) is 0 Å². The van der Waals surface area contributed by atoms with Gasteiger partial charge in [0.15, 0.2) is 0 Å². The molecule has 17 heavy (non-hydrogen) atoms. The summed E-state index contributed by atoms with van der Waals surface area (Å²) in [6, 6.07) is 10.6. The molecule has 0 atom stereocenters. The lowest BCUT2D eigenvalue weighted by molar-refractivity contribution is 0.433. The van der Waals surface area contributed by atoms with Gasteiger partial charge in [-0.3, -0.25) is 0 Å². The molecule has 0 radical (unpaired) electrons. The third kappa shape index (κ3) is 3.59. The van der Waals surface area contributed by atoms with Gasteiger partial charge in [-0.25, -0.2) is 0 Å². The molecule has 0 saturated heterocycles. The third-order valence-corrected chi connectivity index (χ3v) is 3.54. The third-order valence-electron chi connectivity index (χ3n) is 3.54. The Bertz CT molecular complexity index is 393. The van der Waals surface area contributed by atoms with Crippen molar-refractivity contribution in [2.45, 2.75) is 40.5 Å². The highest BCUT2D eigenvalue weighted by atomic mass is 14.3. The zero-order valence-corrected chi connectivity index (χ0v) is 11.6. The van der Waals surface area contributed by atoms with Gasteiger partial charge in [-0.15, -0.1) is 0 Å². The molecule has 92 valence electrons. The summed E-state index contributed by atoms with van der Waals surface area (Å²) in [6.45, 7) is 13.2. The van der Waals surface area contributed by atoms with Crippen LogP contribution >= 0.6 is 0 Å². The maximum absolute atomic E-state index is 4.27. The Morgan fingerprint density at radius 1 is 1.24 bits per heavy atom. The molecular formula is C17H24. The van der Waals surface area contributed by atoms with Crippen LogP contribution in [0.15, 0.2) is 54.1 Å². The van der Waals surface area contributed by atoms with Crippen LogP contribution in [0, 0.1) is 5.41 Å². The monoisotopic (exact) mass is 228 g/mol. The molecule has 0 nitrogen and oxygen atoms in total. The Morgan fingerprint density at radius 3 is 2.29 bits per heavy atom. The highest BCUT2D eigenvalue weighted by Gasteiger charge is 2.22. The second kappa shape index (κ2) is 5.86. The fourth-order valence-electron chi connectivity index (χ4n) is 2.20. The van der Waals surface area contributed by atoms with Gasteiger partial charge >= 0.3 is 0 Å². The zero-order chi connectivity index (χ0) is 12.9. The van der Waals surface area contributed by atoms with E-state index in [9.17, 15) is 0 Å². The van der Waals surface area contributed by atoms with Crippen LogP contribution in [0.1, 0.15) is 39.7 Å². The Labute approximate surface area is 106 Å². The summed E-state index contributed by atoms with van der Waals surface area (Å²) in [4.78, 5) is 0. The summed E-state index contributed by atoms with van der Waals surface area (Å²) in [6.07, 6.45) is 4.30. The standard InChI is InChI=1S/C17H24/c1-6-16(17(4,5)7-2)14(3)13-15-11-9-8-10-12-15/h6,8-12H,3,7,13H2,1-2,4-5H3/b16-6-. The van der Waals surface area contributed by atoms with E-state index in [2.05, 4.69) is 70.7 Å². The number of allylic oxidation sites excluding steroid dienone is 3. The highest BCUT2D eigenvalue weighted by Crippen LogP contribution is 2.35. The van der Waals surface area contributed by atoms with Crippen molar-refractivity contribution in [1.82, 2.24) is 0 Å². The van der Waals surface area contributed by atoms with Crippen molar-refractivity contribution in [1.29, 1.82) is 0 Å². The minimum atomic E-state index is 0.223. The number of hydrogen-bond acceptors (Lipinski definition) is 0. The topological polar surface area (TPSA) is 0 Å². The van der Waals surface area contributed by atoms with E-state index in [0.29, 0.717) is 0 Å². The minimum Gasteiger partial charge on any atom is -0.0952 e. The molecule has 0 unspecified atom stereocenters. The maximum atomic E-state index is 4.27. The second-order valence-electron chi connectivity index (χ2n) is 5.21. The SMILES string of the molecule is C=C(Cc1ccccc1)/C(=C/C)C(C)(C)CC. The first-order valence-corrected chi connectivity index (χ1v) is 6.40. The highest BCUT2D eigenvalue weighted by molar-refractivity contribution is 5.37. The molecule has 0 spiro atoms. The minimum absolute atomic E-state index is 0.223. The van der Waals surface area contributed by atoms with E-state index < -0.39 is 0 Å². The van der Waals surface area contributed by atoms with E-state index in [4.69, 9.17) is 0 Å². The first-order chi connectivity index (χ1) is 8.01. The van der Waals surface area contributed by atoms with Gasteiger partial charge in [0.05, 0.1) is 0 Å². The molecule has 0 aromatic heterocycles. The lowest BCUT2D eigenvalue weighted by Gasteiger charge is -2.28. The molecule has 0 aliphatic heterocycles. The molecule has 1 rings (SSSR count). The summed E-state index contributed by atoms with van der Waals surface area (Å²) in [5, 5.41) is 0. The largest absolute Gasteiger partial charge is 0.0952 e. The number of benzene rings is 1. The summed E-state index contributed by atoms with van der Waals surface area (Å²) in [5.41, 5.74) is 4.19. The van der Waals surface area contributed by atoms with Crippen molar-refractivity contribution in [3.8, 4) is 0 Å². The van der Waals surface area contributed by atoms with Gasteiger partial charge in [-0.2, -0.15) is 0 Å². The van der Waals surface area contributed by atoms with Crippen LogP contribution in [0.5, 0.6) is 0 Å². The van der Waals surface area contributed by atoms with Crippen LogP contribution < -0.4 is 0 Å². The van der Waals surface area contributed by atoms with Crippen molar-refractivity contribution in [3.05, 3.63) is 59.7 Å². The lowest BCUT2D eigenvalue weighted by Crippen LogP contribution is -2.15. The van der Waals surface area contributed by atoms with Crippen LogP contribution in [0.2, 0.25) is 0 Å². The smallest absolute Gasteiger partial charge is 0.00288 e. The average molecular weight is 228 g/mol. The van der Waals surface area contributed by atoms with Crippen molar-refractivity contribution in [2.24, 2.45) is 5.41 Å². The fourth-order valence-corrected chi connectivity index (χ4v) is 2.20. The lowest BCUT2D eigenvalue weighted by atomic mass is 9.77. The van der Waals surface area contributed by atoms with E-state index in [0.717, 1.165) is 12.8 Å². The molecule has 0 N–H and O–H groups in total. The molecule has 0 bridgehead atoms. The molecular weight excluding hydrogens is 204 g/mol. The van der Waals surface area contributed by atoms with E-state index in [1.807, 2.05) is 0 Å². The quantitative estimate of drug-likeness (QED) is 0.610. The summed E-state index contributed by atoms with van der Waals surface area (Å²) in [5.74, 6) is 0. The Kier molecular flexibility index (Phi) is 4.74. The van der Waals surface area contributed by atoms with Crippen molar-refractivity contribution < 1.29 is 0 Å². The molecule has 1 aromatic carbocycles. The van der Waals surface area contributed by atoms with Crippen LogP contribution in [-0.2, 0) is 6.42 Å². The van der Waals surface area contributed by atoms with E-state index in [1.54, 1.807) is 0 Å². The summed E-state index contributed by atoms with van der Waals surface area (Å²) >= 11 is 0. The predicted molar refractivity (Wildman–Crippen MR) is 77.1 cm³/mol. The Morgan fingerprint density at radius 2 is 1.82 bits per heavy atom. The van der Waals surface area contributed by atoms with E-state index >= 15 is 0 Å². The Balaban J connectivity index is 2.83. The normalized spacial score (nSPS) is 12.6. The van der Waals surface area contributed by atoms with Gasteiger partial charge in [0, 0.05) is 0 Å². The van der Waals surface area contributed by atoms with E-state index in [1.165, 1.54) is 16.7 Å². The van der Waals surface area contributed by atoms with Crippen molar-refractivity contribution in [2.75, 3.05) is 0 Å². The summed E-state index contributed by atoms with van der Waals surface area (Å²) < 4.78 is 0. The molecule has 0 saturated carbocycles. The molecule has 0 heteroatoms. The van der Waals surface area contributed by atoms with Gasteiger partial charge in [-0.05, 0) is 41.9 Å². The molecule has 0 heterocycles. The first-order valence-electron chi connectivity index (χ1n) is 6.40. The van der Waals surface area contributed by atoms with Crippen LogP contribution in [-0.4, -0.2) is 0 Å². The molecule has 1 aromatic rings. The van der Waals surface area contributed by atoms with Gasteiger partial charge < -0.3 is 0 Å². The molecule has 0 aliphatic carbocycles. The molecule has 0 aliphatic rings. The van der Waals surface area contributed by atoms with Gasteiger partial charge in [-0.1, -0.05) is 63.8 Å². The summed E-state index contributed by atoms with van der Waals surface area (Å²) in [7, 11) is 0. The Hall–Kier alpha value is -1.30. The van der Waals surface area contributed by atoms with Crippen LogP contribution in [0.4, 0.5) is 0 Å². The first kappa shape index (κ1) is 13.8. The van der Waals surface area contributed by atoms with Gasteiger partial charge in [0.25, 0.3) is 0 Å². The molecule has 0 amide bonds. The van der Waals surface area contributed by atoms with E-state index in [-0.39, 0.29) is 5.41 Å². The average Bonchev–Trinajstić information content (AvgIpc) is 2.30. The molecule has 0 fully saturated rings. The second-order valence-corrected chi connectivity index (χ2v) is 5.21. The number of rotatable bonds is 5. The fraction of sp³-hybridized carbons (Fsp3) is 0.412. The van der Waals surface area contributed by atoms with Crippen LogP contribution in [0.25, 0.3) is 0 Å². The number of hydrogen-bond donors (Lipinski definition) is 0. The van der Waals surface area contributed by atoms with Gasteiger partial charge in [0.1, 0.15) is 0 Å². The van der Waals surface area contributed by atoms with Gasteiger partial charge in [0.2, 0.25) is 0 Å². The maximum Gasteiger partial charge on any atom is -0.00288 e.